The zero-order chi connectivity index (χ0) is 30.3. The predicted octanol–water partition coefficient (Wildman–Crippen LogP) is 8.98. The van der Waals surface area contributed by atoms with Gasteiger partial charge in [0.25, 0.3) is 0 Å². The van der Waals surface area contributed by atoms with Crippen molar-refractivity contribution in [2.24, 2.45) is 10.8 Å². The minimum atomic E-state index is -0.306. The molecule has 7 rings (SSSR count). The number of pyridine rings is 1. The fourth-order valence-corrected chi connectivity index (χ4v) is 8.49. The normalized spacial score (nSPS) is 25.0. The maximum absolute atomic E-state index is 14.3. The number of amides is 1. The highest BCUT2D eigenvalue weighted by Gasteiger charge is 2.54. The summed E-state index contributed by atoms with van der Waals surface area (Å²) in [5, 5.41) is 7.95. The minimum Gasteiger partial charge on any atom is -0.496 e. The highest BCUT2D eigenvalue weighted by molar-refractivity contribution is 5.95. The Kier molecular flexibility index (Phi) is 7.93. The Labute approximate surface area is 258 Å². The minimum absolute atomic E-state index is 0.0411. The van der Waals surface area contributed by atoms with Crippen LogP contribution >= 0.6 is 0 Å². The quantitative estimate of drug-likeness (QED) is 0.273. The standard InChI is InChI=1S/C37H50N4O2/c1-6-34(3,4)41-25-29(24-39-41)28-12-21-38-32(23-28)40-33(42)37(13-8-7-9-14-37)26-35-15-18-36(19-16-35,20-17-35)30-10-11-31(43-5)27(2)22-30/h10-12,21-25H,6-9,13-20,26H2,1-5H3,(H,38,40,42). The molecule has 0 unspecified atom stereocenters. The Morgan fingerprint density at radius 1 is 0.977 bits per heavy atom. The van der Waals surface area contributed by atoms with Crippen LogP contribution in [0.5, 0.6) is 5.75 Å². The molecule has 2 heterocycles. The first-order valence-electron chi connectivity index (χ1n) is 16.6. The molecule has 6 heteroatoms. The smallest absolute Gasteiger partial charge is 0.231 e. The van der Waals surface area contributed by atoms with E-state index in [0.29, 0.717) is 5.82 Å². The van der Waals surface area contributed by atoms with Crippen molar-refractivity contribution in [2.45, 2.75) is 122 Å². The molecule has 0 radical (unpaired) electrons. The van der Waals surface area contributed by atoms with Gasteiger partial charge in [-0.3, -0.25) is 9.48 Å². The van der Waals surface area contributed by atoms with Crippen LogP contribution < -0.4 is 10.1 Å². The maximum atomic E-state index is 14.3. The van der Waals surface area contributed by atoms with Crippen LogP contribution in [-0.4, -0.2) is 27.8 Å². The van der Waals surface area contributed by atoms with Crippen LogP contribution in [0, 0.1) is 17.8 Å². The molecule has 2 aromatic heterocycles. The summed E-state index contributed by atoms with van der Waals surface area (Å²) in [5.74, 6) is 1.80. The van der Waals surface area contributed by atoms with Crippen molar-refractivity contribution in [3.8, 4) is 16.9 Å². The summed E-state index contributed by atoms with van der Waals surface area (Å²) < 4.78 is 7.58. The van der Waals surface area contributed by atoms with E-state index in [9.17, 15) is 4.79 Å². The van der Waals surface area contributed by atoms with Gasteiger partial charge in [-0.25, -0.2) is 4.98 Å². The second-order valence-corrected chi connectivity index (χ2v) is 14.7. The van der Waals surface area contributed by atoms with E-state index in [1.807, 2.05) is 29.2 Å². The summed E-state index contributed by atoms with van der Waals surface area (Å²) in [6, 6.07) is 10.8. The van der Waals surface area contributed by atoms with Crippen LogP contribution in [0.15, 0.2) is 48.9 Å². The van der Waals surface area contributed by atoms with Crippen LogP contribution in [0.25, 0.3) is 11.1 Å². The lowest BCUT2D eigenvalue weighted by atomic mass is 9.48. The molecule has 1 N–H and O–H groups in total. The largest absolute Gasteiger partial charge is 0.496 e. The van der Waals surface area contributed by atoms with Crippen molar-refractivity contribution in [1.29, 1.82) is 0 Å². The zero-order valence-electron chi connectivity index (χ0n) is 27.0. The number of carbonyl (C=O) groups excluding carboxylic acids is 1. The molecule has 1 amide bonds. The number of fused-ring (bicyclic) bond motifs is 3. The number of carbonyl (C=O) groups is 1. The van der Waals surface area contributed by atoms with Crippen molar-refractivity contribution < 1.29 is 9.53 Å². The van der Waals surface area contributed by atoms with Crippen molar-refractivity contribution in [2.75, 3.05) is 12.4 Å². The molecule has 4 fully saturated rings. The Balaban J connectivity index is 1.18. The molecule has 0 spiro atoms. The Morgan fingerprint density at radius 2 is 1.70 bits per heavy atom. The number of hydrogen-bond acceptors (Lipinski definition) is 4. The molecule has 0 atom stereocenters. The first-order chi connectivity index (χ1) is 20.6. The molecule has 230 valence electrons. The van der Waals surface area contributed by atoms with E-state index >= 15 is 0 Å². The SMILES string of the molecule is CCC(C)(C)n1cc(-c2ccnc(NC(=O)C3(CC45CCC(c6ccc(OC)c(C)c6)(CC4)CC5)CCCCC3)c2)cn1. The van der Waals surface area contributed by atoms with Crippen LogP contribution in [-0.2, 0) is 15.7 Å². The molecule has 6 nitrogen and oxygen atoms in total. The topological polar surface area (TPSA) is 69.0 Å². The lowest BCUT2D eigenvalue weighted by Crippen LogP contribution is -2.49. The number of hydrogen-bond donors (Lipinski definition) is 1. The van der Waals surface area contributed by atoms with Gasteiger partial charge in [0.2, 0.25) is 5.91 Å². The number of anilines is 1. The lowest BCUT2D eigenvalue weighted by molar-refractivity contribution is -0.132. The van der Waals surface area contributed by atoms with Gasteiger partial charge >= 0.3 is 0 Å². The predicted molar refractivity (Wildman–Crippen MR) is 173 cm³/mol. The Morgan fingerprint density at radius 3 is 2.35 bits per heavy atom. The Hall–Kier alpha value is -3.15. The second kappa shape index (κ2) is 11.4. The van der Waals surface area contributed by atoms with Crippen molar-refractivity contribution >= 4 is 11.7 Å². The molecule has 2 bridgehead atoms. The highest BCUT2D eigenvalue weighted by Crippen LogP contribution is 2.62. The average molecular weight is 583 g/mol. The van der Waals surface area contributed by atoms with Crippen LogP contribution in [0.2, 0.25) is 0 Å². The molecule has 43 heavy (non-hydrogen) atoms. The number of nitrogens with one attached hydrogen (secondary N) is 1. The van der Waals surface area contributed by atoms with E-state index in [1.165, 1.54) is 56.1 Å². The number of ether oxygens (including phenoxy) is 1. The first kappa shape index (κ1) is 29.9. The van der Waals surface area contributed by atoms with E-state index in [0.717, 1.165) is 55.4 Å². The molecular weight excluding hydrogens is 532 g/mol. The Bertz CT molecular complexity index is 1440. The van der Waals surface area contributed by atoms with Crippen LogP contribution in [0.3, 0.4) is 0 Å². The zero-order valence-corrected chi connectivity index (χ0v) is 27.0. The summed E-state index contributed by atoms with van der Waals surface area (Å²) >= 11 is 0. The number of nitrogens with zero attached hydrogens (tertiary/aromatic N) is 3. The molecule has 3 aromatic rings. The first-order valence-corrected chi connectivity index (χ1v) is 16.6. The summed E-state index contributed by atoms with van der Waals surface area (Å²) in [4.78, 5) is 18.8. The number of methoxy groups -OCH3 is 1. The summed E-state index contributed by atoms with van der Waals surface area (Å²) in [6.45, 7) is 8.74. The number of aromatic nitrogens is 3. The lowest BCUT2D eigenvalue weighted by Gasteiger charge is -2.56. The fourth-order valence-electron chi connectivity index (χ4n) is 8.49. The van der Waals surface area contributed by atoms with Gasteiger partial charge in [0.05, 0.1) is 24.3 Å². The second-order valence-electron chi connectivity index (χ2n) is 14.7. The third kappa shape index (κ3) is 5.62. The number of benzene rings is 1. The summed E-state index contributed by atoms with van der Waals surface area (Å²) in [5.41, 5.74) is 5.00. The third-order valence-electron chi connectivity index (χ3n) is 11.8. The number of aryl methyl sites for hydroxylation is 1. The molecule has 0 aliphatic heterocycles. The van der Waals surface area contributed by atoms with Gasteiger partial charge in [-0.15, -0.1) is 0 Å². The van der Waals surface area contributed by atoms with Crippen LogP contribution in [0.1, 0.15) is 115 Å². The third-order valence-corrected chi connectivity index (χ3v) is 11.8. The van der Waals surface area contributed by atoms with Crippen molar-refractivity contribution in [3.05, 3.63) is 60.0 Å². The van der Waals surface area contributed by atoms with Gasteiger partial charge < -0.3 is 10.1 Å². The molecule has 4 aliphatic carbocycles. The van der Waals surface area contributed by atoms with E-state index in [1.54, 1.807) is 7.11 Å². The summed E-state index contributed by atoms with van der Waals surface area (Å²) in [6.07, 6.45) is 20.7. The van der Waals surface area contributed by atoms with Gasteiger partial charge in [0.1, 0.15) is 11.6 Å². The van der Waals surface area contributed by atoms with Crippen LogP contribution in [0.4, 0.5) is 5.82 Å². The average Bonchev–Trinajstić information content (AvgIpc) is 3.54. The molecule has 4 aliphatic rings. The summed E-state index contributed by atoms with van der Waals surface area (Å²) in [7, 11) is 1.75. The maximum Gasteiger partial charge on any atom is 0.231 e. The fraction of sp³-hybridized carbons (Fsp3) is 0.595. The van der Waals surface area contributed by atoms with Crippen molar-refractivity contribution in [1.82, 2.24) is 14.8 Å². The van der Waals surface area contributed by atoms with Crippen molar-refractivity contribution in [3.63, 3.8) is 0 Å². The van der Waals surface area contributed by atoms with Gasteiger partial charge in [0.15, 0.2) is 0 Å². The molecule has 1 aromatic carbocycles. The number of rotatable bonds is 9. The van der Waals surface area contributed by atoms with E-state index in [4.69, 9.17) is 4.74 Å². The molecule has 0 saturated heterocycles. The molecular formula is C37H50N4O2. The van der Waals surface area contributed by atoms with Gasteiger partial charge in [-0.05, 0) is 131 Å². The van der Waals surface area contributed by atoms with Gasteiger partial charge in [-0.2, -0.15) is 5.10 Å². The van der Waals surface area contributed by atoms with E-state index in [-0.39, 0.29) is 27.7 Å². The van der Waals surface area contributed by atoms with Gasteiger partial charge in [0, 0.05) is 18.0 Å². The van der Waals surface area contributed by atoms with E-state index in [2.05, 4.69) is 67.5 Å². The molecule has 4 saturated carbocycles. The monoisotopic (exact) mass is 582 g/mol. The van der Waals surface area contributed by atoms with Gasteiger partial charge in [-0.1, -0.05) is 38.3 Å². The highest BCUT2D eigenvalue weighted by atomic mass is 16.5. The van der Waals surface area contributed by atoms with E-state index < -0.39 is 0 Å².